The van der Waals surface area contributed by atoms with E-state index in [1.807, 2.05) is 13.8 Å². The third-order valence-corrected chi connectivity index (χ3v) is 8.75. The van der Waals surface area contributed by atoms with Crippen LogP contribution in [0.15, 0.2) is 24.2 Å². The molecular weight excluding hydrogens is 592 g/mol. The minimum absolute atomic E-state index is 0.0418. The summed E-state index contributed by atoms with van der Waals surface area (Å²) in [6, 6.07) is -2.35. The molecule has 2 aromatic rings. The summed E-state index contributed by atoms with van der Waals surface area (Å²) in [5.74, 6) is -8.87. The molecule has 2 saturated heterocycles. The molecule has 0 N–H and O–H groups in total. The maximum Gasteiger partial charge on any atom is 0.161 e. The predicted octanol–water partition coefficient (Wildman–Crippen LogP) is 6.87. The number of benzene rings is 2. The van der Waals surface area contributed by atoms with Crippen molar-refractivity contribution in [3.63, 3.8) is 0 Å². The average molecular weight is 666 g/mol. The lowest BCUT2D eigenvalue weighted by atomic mass is 9.79. The molecule has 2 fully saturated rings. The molecule has 5 unspecified atom stereocenters. The number of ketones is 2. The van der Waals surface area contributed by atoms with Crippen LogP contribution in [0.2, 0.25) is 0 Å². The predicted molar refractivity (Wildman–Crippen MR) is 185 cm³/mol. The van der Waals surface area contributed by atoms with Crippen LogP contribution in [0.5, 0.6) is 23.0 Å². The Balaban J connectivity index is 0.000000253. The van der Waals surface area contributed by atoms with Crippen molar-refractivity contribution in [3.8, 4) is 23.0 Å². The Morgan fingerprint density at radius 1 is 0.915 bits per heavy atom. The van der Waals surface area contributed by atoms with Gasteiger partial charge in [-0.05, 0) is 83.9 Å². The van der Waals surface area contributed by atoms with Gasteiger partial charge in [0.1, 0.15) is 11.6 Å². The zero-order valence-electron chi connectivity index (χ0n) is 45.1. The van der Waals surface area contributed by atoms with Crippen molar-refractivity contribution in [1.82, 2.24) is 9.80 Å². The van der Waals surface area contributed by atoms with Crippen molar-refractivity contribution >= 4 is 11.6 Å². The number of carbonyl (C=O) groups excluding carboxylic acids is 2. The molecular formula is C39H56N2O6. The molecule has 47 heavy (non-hydrogen) atoms. The number of fused-ring (bicyclic) bond motifs is 6. The van der Waals surface area contributed by atoms with Gasteiger partial charge in [-0.15, -0.1) is 0 Å². The van der Waals surface area contributed by atoms with E-state index in [1.165, 1.54) is 33.3 Å². The molecule has 5 atom stereocenters. The van der Waals surface area contributed by atoms with Gasteiger partial charge in [0.2, 0.25) is 0 Å². The molecule has 4 aliphatic rings. The topological polar surface area (TPSA) is 77.5 Å². The number of methoxy groups -OCH3 is 4. The van der Waals surface area contributed by atoms with Gasteiger partial charge in [0, 0.05) is 80.6 Å². The van der Waals surface area contributed by atoms with Gasteiger partial charge in [-0.2, -0.15) is 0 Å². The molecule has 4 aliphatic heterocycles. The van der Waals surface area contributed by atoms with Gasteiger partial charge in [-0.3, -0.25) is 19.4 Å². The van der Waals surface area contributed by atoms with Gasteiger partial charge < -0.3 is 18.9 Å². The fourth-order valence-corrected chi connectivity index (χ4v) is 6.39. The lowest BCUT2D eigenvalue weighted by molar-refractivity contribution is -0.130. The van der Waals surface area contributed by atoms with E-state index < -0.39 is 74.6 Å². The molecule has 6 rings (SSSR count). The van der Waals surface area contributed by atoms with Crippen LogP contribution >= 0.6 is 0 Å². The van der Waals surface area contributed by atoms with Gasteiger partial charge in [-0.25, -0.2) is 0 Å². The maximum atomic E-state index is 13.7. The minimum atomic E-state index is -3.69. The van der Waals surface area contributed by atoms with Crippen molar-refractivity contribution < 1.29 is 51.8 Å². The zero-order valence-corrected chi connectivity index (χ0v) is 28.1. The first-order valence-corrected chi connectivity index (χ1v) is 15.8. The smallest absolute Gasteiger partial charge is 0.161 e. The first-order valence-electron chi connectivity index (χ1n) is 24.3. The standard InChI is InChI=1S/C20H29NO3.C19H27NO3/c1-5-13(2)8-15-12-21-7-6-14-9-19(23-3)20(24-4)10-16(14)17(21)11-18(15)22;1-12(2)7-14-11-20-6-5-13-8-18(22-3)19(23-4)9-15(13)16(20)10-17(14)21/h9-10,13,15,17H,5-8,11-12H2,1-4H3;8-9,12,14,16H,5-7,10-11H2,1-4H3/i2D3,5D2,8D2,9D,10D,11D2,13D,15D;8D,9D,11D2. The number of hydrogen-bond donors (Lipinski definition) is 0. The van der Waals surface area contributed by atoms with Crippen molar-refractivity contribution in [2.24, 2.45) is 23.6 Å². The van der Waals surface area contributed by atoms with Gasteiger partial charge in [0.15, 0.2) is 23.0 Å². The van der Waals surface area contributed by atoms with E-state index in [2.05, 4.69) is 0 Å². The summed E-state index contributed by atoms with van der Waals surface area (Å²) in [7, 11) is 5.37. The van der Waals surface area contributed by atoms with Crippen molar-refractivity contribution in [1.29, 1.82) is 0 Å². The van der Waals surface area contributed by atoms with Crippen LogP contribution in [0.3, 0.4) is 0 Å². The molecule has 4 heterocycles. The molecule has 258 valence electrons. The Morgan fingerprint density at radius 2 is 1.47 bits per heavy atom. The summed E-state index contributed by atoms with van der Waals surface area (Å²) >= 11 is 0. The number of Topliss-reactive ketones (excluding diaryl/α,β-unsaturated/α-hetero) is 2. The average Bonchev–Trinajstić information content (AvgIpc) is 3.19. The Hall–Kier alpha value is -3.10. The lowest BCUT2D eigenvalue weighted by Crippen LogP contribution is -2.46. The summed E-state index contributed by atoms with van der Waals surface area (Å²) in [6.45, 7) is -1.28. The Bertz CT molecular complexity index is 2160. The fourth-order valence-electron chi connectivity index (χ4n) is 6.39. The second-order valence-corrected chi connectivity index (χ2v) is 12.2. The highest BCUT2D eigenvalue weighted by molar-refractivity contribution is 5.83. The first-order chi connectivity index (χ1) is 29.2. The van der Waals surface area contributed by atoms with Crippen molar-refractivity contribution in [2.75, 3.05) is 54.6 Å². The lowest BCUT2D eigenvalue weighted by Gasteiger charge is -2.43. The van der Waals surface area contributed by atoms with Crippen LogP contribution in [0.25, 0.3) is 0 Å². The summed E-state index contributed by atoms with van der Waals surface area (Å²) < 4.78 is 164. The van der Waals surface area contributed by atoms with E-state index in [9.17, 15) is 9.59 Å². The van der Waals surface area contributed by atoms with Gasteiger partial charge >= 0.3 is 0 Å². The number of nitrogens with zero attached hydrogens (tertiary/aromatic N) is 2. The van der Waals surface area contributed by atoms with Crippen LogP contribution in [0.1, 0.15) is 117 Å². The Morgan fingerprint density at radius 3 is 2.00 bits per heavy atom. The first kappa shape index (κ1) is 19.2. The minimum Gasteiger partial charge on any atom is -0.493 e. The third kappa shape index (κ3) is 7.64. The molecule has 0 aliphatic carbocycles. The van der Waals surface area contributed by atoms with E-state index in [4.69, 9.17) is 42.3 Å². The molecule has 8 heteroatoms. The summed E-state index contributed by atoms with van der Waals surface area (Å²) in [6.07, 6.45) is -8.69. The molecule has 0 spiro atoms. The highest BCUT2D eigenvalue weighted by Gasteiger charge is 2.40. The van der Waals surface area contributed by atoms with Gasteiger partial charge in [0.05, 0.1) is 33.9 Å². The number of rotatable bonds is 9. The second-order valence-electron chi connectivity index (χ2n) is 12.2. The zero-order chi connectivity index (χ0) is 48.8. The van der Waals surface area contributed by atoms with E-state index in [1.54, 1.807) is 4.90 Å². The highest BCUT2D eigenvalue weighted by atomic mass is 16.5. The Kier molecular flexibility index (Phi) is 6.29. The second kappa shape index (κ2) is 15.4. The summed E-state index contributed by atoms with van der Waals surface area (Å²) in [5.41, 5.74) is 1.35. The molecule has 0 radical (unpaired) electrons. The molecule has 0 amide bonds. The van der Waals surface area contributed by atoms with Crippen LogP contribution in [0.4, 0.5) is 0 Å². The van der Waals surface area contributed by atoms with Crippen LogP contribution in [-0.4, -0.2) is 75.9 Å². The fraction of sp³-hybridized carbons (Fsp3) is 0.641. The van der Waals surface area contributed by atoms with Gasteiger partial charge in [-0.1, -0.05) is 34.0 Å². The quantitative estimate of drug-likeness (QED) is 0.288. The Labute approximate surface area is 306 Å². The number of piperidine rings is 2. The summed E-state index contributed by atoms with van der Waals surface area (Å²) in [5, 5.41) is 0. The van der Waals surface area contributed by atoms with Crippen molar-refractivity contribution in [2.45, 2.75) is 84.5 Å². The normalized spacial score (nSPS) is 35.1. The van der Waals surface area contributed by atoms with Gasteiger partial charge in [0.25, 0.3) is 0 Å². The van der Waals surface area contributed by atoms with Crippen molar-refractivity contribution in [3.05, 3.63) is 46.4 Å². The monoisotopic (exact) mass is 666 g/mol. The number of hydrogen-bond acceptors (Lipinski definition) is 8. The molecule has 0 saturated carbocycles. The molecule has 0 aromatic heterocycles. The van der Waals surface area contributed by atoms with E-state index in [0.29, 0.717) is 37.4 Å². The molecule has 8 nitrogen and oxygen atoms in total. The van der Waals surface area contributed by atoms with Crippen LogP contribution in [0, 0.1) is 23.6 Å². The van der Waals surface area contributed by atoms with E-state index in [-0.39, 0.29) is 89.4 Å². The van der Waals surface area contributed by atoms with Crippen LogP contribution < -0.4 is 18.9 Å². The number of carbonyl (C=O) groups is 2. The van der Waals surface area contributed by atoms with Crippen LogP contribution in [-0.2, 0) is 22.4 Å². The third-order valence-electron chi connectivity index (χ3n) is 8.75. The SMILES string of the molecule is [2H]c1c2c(c([2H])c(OC)c1OC)C1CC(=O)C(CC(C)C)C([2H])([2H])N1CC2.[2H]c1c2c(c([2H])c(OC)c1OC)C1N(CC2)CC([2H])(C([2H])([2H])C([2H])(C([2H])([2H])[2H])C([2H])([2H])C)C(=O)C1([2H])[2H]. The largest absolute Gasteiger partial charge is 0.493 e. The molecule has 0 bridgehead atoms. The van der Waals surface area contributed by atoms with E-state index in [0.717, 1.165) is 0 Å². The maximum absolute atomic E-state index is 13.7. The molecule has 2 aromatic carbocycles. The summed E-state index contributed by atoms with van der Waals surface area (Å²) in [4.78, 5) is 29.5. The number of ether oxygens (including phenoxy) is 4. The highest BCUT2D eigenvalue weighted by Crippen LogP contribution is 2.44. The van der Waals surface area contributed by atoms with E-state index >= 15 is 0 Å².